The van der Waals surface area contributed by atoms with Gasteiger partial charge in [-0.1, -0.05) is 37.3 Å². The second-order valence-electron chi connectivity index (χ2n) is 8.33. The maximum absolute atomic E-state index is 13.2. The van der Waals surface area contributed by atoms with E-state index in [0.29, 0.717) is 36.2 Å². The van der Waals surface area contributed by atoms with Crippen LogP contribution in [0.4, 0.5) is 16.2 Å². The van der Waals surface area contributed by atoms with E-state index in [1.54, 1.807) is 32.0 Å². The van der Waals surface area contributed by atoms with Crippen LogP contribution in [0.1, 0.15) is 36.5 Å². The quantitative estimate of drug-likeness (QED) is 0.536. The Hall–Kier alpha value is -3.40. The van der Waals surface area contributed by atoms with E-state index in [-0.39, 0.29) is 5.75 Å². The van der Waals surface area contributed by atoms with Crippen LogP contribution in [0.25, 0.3) is 0 Å². The topological polar surface area (TPSA) is 125 Å². The van der Waals surface area contributed by atoms with Gasteiger partial charge in [0.25, 0.3) is 5.91 Å². The second-order valence-corrected chi connectivity index (χ2v) is 10.2. The van der Waals surface area contributed by atoms with Crippen molar-refractivity contribution < 1.29 is 22.8 Å². The van der Waals surface area contributed by atoms with E-state index in [1.807, 2.05) is 24.3 Å². The minimum atomic E-state index is -3.49. The summed E-state index contributed by atoms with van der Waals surface area (Å²) in [5.74, 6) is -1.01. The van der Waals surface area contributed by atoms with Crippen molar-refractivity contribution in [1.82, 2.24) is 10.2 Å². The summed E-state index contributed by atoms with van der Waals surface area (Å²) in [7, 11) is -3.49. The Bertz CT molecular complexity index is 1240. The number of hydrogen-bond acceptors (Lipinski definition) is 5. The van der Waals surface area contributed by atoms with Gasteiger partial charge in [-0.3, -0.25) is 19.2 Å². The minimum absolute atomic E-state index is 0.0138. The molecule has 2 aromatic carbocycles. The number of anilines is 2. The molecule has 33 heavy (non-hydrogen) atoms. The fourth-order valence-electron chi connectivity index (χ4n) is 4.44. The predicted octanol–water partition coefficient (Wildman–Crippen LogP) is 2.48. The highest BCUT2D eigenvalue weighted by Crippen LogP contribution is 2.41. The molecule has 4 rings (SSSR count). The molecule has 1 saturated heterocycles. The number of nitrogens with zero attached hydrogens (tertiary/aromatic N) is 1. The molecule has 0 bridgehead atoms. The van der Waals surface area contributed by atoms with Crippen LogP contribution in [0.2, 0.25) is 0 Å². The van der Waals surface area contributed by atoms with Crippen molar-refractivity contribution in [3.63, 3.8) is 0 Å². The van der Waals surface area contributed by atoms with Crippen LogP contribution in [-0.2, 0) is 31.6 Å². The maximum atomic E-state index is 13.2. The smallest absolute Gasteiger partial charge is 0.324 e. The van der Waals surface area contributed by atoms with Gasteiger partial charge in [0.15, 0.2) is 0 Å². The molecule has 1 unspecified atom stereocenters. The number of amides is 4. The monoisotopic (exact) mass is 470 g/mol. The summed E-state index contributed by atoms with van der Waals surface area (Å²) in [6.07, 6.45) is 1.60. The Balaban J connectivity index is 1.48. The third-order valence-corrected chi connectivity index (χ3v) is 7.55. The van der Waals surface area contributed by atoms with Crippen molar-refractivity contribution in [2.24, 2.45) is 0 Å². The summed E-state index contributed by atoms with van der Waals surface area (Å²) in [5.41, 5.74) is 1.94. The largest absolute Gasteiger partial charge is 0.325 e. The number of rotatable bonds is 7. The van der Waals surface area contributed by atoms with Crippen molar-refractivity contribution in [3.8, 4) is 0 Å². The zero-order chi connectivity index (χ0) is 23.8. The molecular weight excluding hydrogens is 444 g/mol. The summed E-state index contributed by atoms with van der Waals surface area (Å²) < 4.78 is 26.7. The van der Waals surface area contributed by atoms with E-state index in [2.05, 4.69) is 15.4 Å². The third-order valence-electron chi connectivity index (χ3n) is 6.07. The molecule has 3 N–H and O–H groups in total. The Morgan fingerprint density at radius 1 is 1.12 bits per heavy atom. The second kappa shape index (κ2) is 8.51. The number of carbonyl (C=O) groups excluding carboxylic acids is 3. The van der Waals surface area contributed by atoms with E-state index in [9.17, 15) is 22.8 Å². The Morgan fingerprint density at radius 3 is 2.61 bits per heavy atom. The highest BCUT2D eigenvalue weighted by Gasteiger charge is 2.55. The van der Waals surface area contributed by atoms with Crippen LogP contribution < -0.4 is 15.4 Å². The van der Waals surface area contributed by atoms with Crippen LogP contribution in [0.15, 0.2) is 42.5 Å². The lowest BCUT2D eigenvalue weighted by molar-refractivity contribution is -0.134. The normalized spacial score (nSPS) is 19.5. The van der Waals surface area contributed by atoms with Gasteiger partial charge in [0.2, 0.25) is 15.9 Å². The molecule has 1 fully saturated rings. The lowest BCUT2D eigenvalue weighted by atomic mass is 9.92. The van der Waals surface area contributed by atoms with E-state index in [0.717, 1.165) is 16.0 Å². The summed E-state index contributed by atoms with van der Waals surface area (Å²) in [4.78, 5) is 39.5. The molecule has 1 spiro atoms. The van der Waals surface area contributed by atoms with Crippen molar-refractivity contribution in [2.45, 2.75) is 38.6 Å². The van der Waals surface area contributed by atoms with Crippen LogP contribution in [0, 0.1) is 6.92 Å². The number of fused-ring (bicyclic) bond motifs is 2. The van der Waals surface area contributed by atoms with E-state index >= 15 is 0 Å². The molecule has 9 nitrogen and oxygen atoms in total. The minimum Gasteiger partial charge on any atom is -0.324 e. The number of carbonyl (C=O) groups is 3. The average Bonchev–Trinajstić information content (AvgIpc) is 3.24. The number of sulfonamides is 1. The first-order valence-corrected chi connectivity index (χ1v) is 12.4. The molecule has 2 aromatic rings. The van der Waals surface area contributed by atoms with Gasteiger partial charge >= 0.3 is 6.03 Å². The molecule has 1 aliphatic heterocycles. The molecular formula is C23H26N4O5S. The number of hydrogen-bond donors (Lipinski definition) is 3. The van der Waals surface area contributed by atoms with Crippen LogP contribution >= 0.6 is 0 Å². The van der Waals surface area contributed by atoms with Crippen molar-refractivity contribution in [2.75, 3.05) is 22.3 Å². The van der Waals surface area contributed by atoms with Gasteiger partial charge in [-0.15, -0.1) is 0 Å². The Labute approximate surface area is 192 Å². The fraction of sp³-hybridized carbons (Fsp3) is 0.348. The van der Waals surface area contributed by atoms with E-state index in [1.165, 1.54) is 0 Å². The van der Waals surface area contributed by atoms with Crippen molar-refractivity contribution >= 4 is 39.2 Å². The zero-order valence-electron chi connectivity index (χ0n) is 18.5. The number of imide groups is 1. The van der Waals surface area contributed by atoms with Gasteiger partial charge in [0.05, 0.1) is 11.4 Å². The summed E-state index contributed by atoms with van der Waals surface area (Å²) in [6.45, 7) is 3.00. The number of benzene rings is 2. The van der Waals surface area contributed by atoms with Gasteiger partial charge in [-0.05, 0) is 55.0 Å². The van der Waals surface area contributed by atoms with Crippen LogP contribution in [-0.4, -0.2) is 43.5 Å². The number of aryl methyl sites for hydroxylation is 1. The SMILES string of the molecule is CCCS(=O)(=O)Nc1cccc(NC(=O)CN2C(=O)NC3(CCc4ccccc43)C2=O)c1C. The first-order valence-electron chi connectivity index (χ1n) is 10.8. The molecule has 0 saturated carbocycles. The first-order chi connectivity index (χ1) is 15.7. The molecule has 4 amide bonds. The standard InChI is InChI=1S/C23H26N4O5S/c1-3-13-33(31,32)26-19-10-6-9-18(15(19)2)24-20(28)14-27-21(29)23(25-22(27)30)12-11-16-7-4-5-8-17(16)23/h4-10,26H,3,11-14H2,1-2H3,(H,24,28)(H,25,30). The summed E-state index contributed by atoms with van der Waals surface area (Å²) in [5, 5.41) is 5.48. The number of nitrogens with one attached hydrogen (secondary N) is 3. The highest BCUT2D eigenvalue weighted by atomic mass is 32.2. The first kappa shape index (κ1) is 22.8. The van der Waals surface area contributed by atoms with Gasteiger partial charge in [0.1, 0.15) is 12.1 Å². The third kappa shape index (κ3) is 4.18. The van der Waals surface area contributed by atoms with Crippen molar-refractivity contribution in [3.05, 3.63) is 59.2 Å². The highest BCUT2D eigenvalue weighted by molar-refractivity contribution is 7.92. The Kier molecular flexibility index (Phi) is 5.87. The van der Waals surface area contributed by atoms with Gasteiger partial charge in [0, 0.05) is 5.69 Å². The fourth-order valence-corrected chi connectivity index (χ4v) is 5.63. The van der Waals surface area contributed by atoms with Gasteiger partial charge in [-0.25, -0.2) is 13.2 Å². The van der Waals surface area contributed by atoms with Crippen molar-refractivity contribution in [1.29, 1.82) is 0 Å². The summed E-state index contributed by atoms with van der Waals surface area (Å²) >= 11 is 0. The van der Waals surface area contributed by atoms with Gasteiger partial charge < -0.3 is 10.6 Å². The maximum Gasteiger partial charge on any atom is 0.325 e. The average molecular weight is 471 g/mol. The molecule has 174 valence electrons. The zero-order valence-corrected chi connectivity index (χ0v) is 19.3. The van der Waals surface area contributed by atoms with E-state index in [4.69, 9.17) is 0 Å². The lowest BCUT2D eigenvalue weighted by Gasteiger charge is -2.22. The molecule has 0 aromatic heterocycles. The summed E-state index contributed by atoms with van der Waals surface area (Å²) in [6, 6.07) is 11.7. The number of urea groups is 1. The molecule has 2 aliphatic rings. The predicted molar refractivity (Wildman–Crippen MR) is 124 cm³/mol. The molecule has 1 heterocycles. The van der Waals surface area contributed by atoms with Crippen LogP contribution in [0.5, 0.6) is 0 Å². The molecule has 10 heteroatoms. The van der Waals surface area contributed by atoms with Gasteiger partial charge in [-0.2, -0.15) is 0 Å². The Morgan fingerprint density at radius 2 is 1.85 bits per heavy atom. The van der Waals surface area contributed by atoms with E-state index < -0.39 is 40.0 Å². The molecule has 1 aliphatic carbocycles. The lowest BCUT2D eigenvalue weighted by Crippen LogP contribution is -2.43. The molecule has 1 atom stereocenters. The van der Waals surface area contributed by atoms with Crippen LogP contribution in [0.3, 0.4) is 0 Å². The molecule has 0 radical (unpaired) electrons.